The molecule has 0 spiro atoms. The average Bonchev–Trinajstić information content (AvgIpc) is 2.98. The van der Waals surface area contributed by atoms with Crippen molar-refractivity contribution in [3.8, 4) is 0 Å². The van der Waals surface area contributed by atoms with Crippen LogP contribution in [0.5, 0.6) is 0 Å². The zero-order valence-electron chi connectivity index (χ0n) is 8.06. The van der Waals surface area contributed by atoms with E-state index in [0.29, 0.717) is 10.8 Å². The molecular formula is C12H10O2S. The second-order valence-corrected chi connectivity index (χ2v) is 4.97. The van der Waals surface area contributed by atoms with E-state index >= 15 is 0 Å². The molecule has 0 saturated heterocycles. The molecule has 1 aromatic heterocycles. The fourth-order valence-corrected chi connectivity index (χ4v) is 3.13. The van der Waals surface area contributed by atoms with Crippen molar-refractivity contribution in [2.45, 2.75) is 18.8 Å². The number of rotatable bonds is 2. The minimum atomic E-state index is -0.780. The summed E-state index contributed by atoms with van der Waals surface area (Å²) in [5.74, 6) is -0.287. The summed E-state index contributed by atoms with van der Waals surface area (Å²) < 4.78 is 1.09. The lowest BCUT2D eigenvalue weighted by atomic mass is 10.1. The van der Waals surface area contributed by atoms with E-state index in [1.165, 1.54) is 11.3 Å². The largest absolute Gasteiger partial charge is 0.477 e. The third-order valence-electron chi connectivity index (χ3n) is 2.81. The standard InChI is InChI=1S/C12H10O2S/c13-12(14)11-10(7-5-6-7)8-3-1-2-4-9(8)15-11/h1-4,7H,5-6H2,(H,13,14). The molecule has 1 saturated carbocycles. The molecule has 0 atom stereocenters. The lowest BCUT2D eigenvalue weighted by Gasteiger charge is -1.97. The van der Waals surface area contributed by atoms with Crippen LogP contribution in [0.4, 0.5) is 0 Å². The maximum absolute atomic E-state index is 11.1. The van der Waals surface area contributed by atoms with Crippen molar-refractivity contribution in [2.75, 3.05) is 0 Å². The summed E-state index contributed by atoms with van der Waals surface area (Å²) in [7, 11) is 0. The Bertz CT molecular complexity index is 538. The highest BCUT2D eigenvalue weighted by molar-refractivity contribution is 7.21. The Balaban J connectivity index is 2.33. The number of hydrogen-bond acceptors (Lipinski definition) is 2. The van der Waals surface area contributed by atoms with Crippen LogP contribution >= 0.6 is 11.3 Å². The van der Waals surface area contributed by atoms with Crippen LogP contribution in [0.2, 0.25) is 0 Å². The molecule has 1 heterocycles. The van der Waals surface area contributed by atoms with Crippen molar-refractivity contribution in [3.05, 3.63) is 34.7 Å². The van der Waals surface area contributed by atoms with E-state index < -0.39 is 5.97 Å². The maximum Gasteiger partial charge on any atom is 0.346 e. The van der Waals surface area contributed by atoms with Crippen LogP contribution < -0.4 is 0 Å². The molecule has 1 aliphatic carbocycles. The van der Waals surface area contributed by atoms with Crippen LogP contribution in [-0.2, 0) is 0 Å². The smallest absolute Gasteiger partial charge is 0.346 e. The normalized spacial score (nSPS) is 15.7. The van der Waals surface area contributed by atoms with Gasteiger partial charge in [-0.2, -0.15) is 0 Å². The highest BCUT2D eigenvalue weighted by Gasteiger charge is 2.31. The molecule has 0 unspecified atom stereocenters. The van der Waals surface area contributed by atoms with Gasteiger partial charge in [-0.1, -0.05) is 18.2 Å². The van der Waals surface area contributed by atoms with Gasteiger partial charge < -0.3 is 5.11 Å². The van der Waals surface area contributed by atoms with Crippen molar-refractivity contribution in [1.82, 2.24) is 0 Å². The van der Waals surface area contributed by atoms with E-state index in [2.05, 4.69) is 0 Å². The fourth-order valence-electron chi connectivity index (χ4n) is 2.00. The highest BCUT2D eigenvalue weighted by Crippen LogP contribution is 2.47. The lowest BCUT2D eigenvalue weighted by Crippen LogP contribution is -1.96. The van der Waals surface area contributed by atoms with E-state index in [9.17, 15) is 4.79 Å². The summed E-state index contributed by atoms with van der Waals surface area (Å²) in [5, 5.41) is 10.3. The summed E-state index contributed by atoms with van der Waals surface area (Å²) >= 11 is 1.40. The summed E-state index contributed by atoms with van der Waals surface area (Å²) in [6, 6.07) is 7.97. The molecule has 76 valence electrons. The third kappa shape index (κ3) is 1.35. The van der Waals surface area contributed by atoms with Crippen molar-refractivity contribution in [1.29, 1.82) is 0 Å². The fraction of sp³-hybridized carbons (Fsp3) is 0.250. The first kappa shape index (κ1) is 8.92. The summed E-state index contributed by atoms with van der Waals surface area (Å²) in [4.78, 5) is 11.7. The van der Waals surface area contributed by atoms with Gasteiger partial charge >= 0.3 is 5.97 Å². The molecule has 2 nitrogen and oxygen atoms in total. The molecule has 1 N–H and O–H groups in total. The van der Waals surface area contributed by atoms with Crippen molar-refractivity contribution < 1.29 is 9.90 Å². The summed E-state index contributed by atoms with van der Waals surface area (Å²) in [5.41, 5.74) is 1.07. The Hall–Kier alpha value is -1.35. The predicted molar refractivity (Wildman–Crippen MR) is 60.8 cm³/mol. The first-order chi connectivity index (χ1) is 7.27. The van der Waals surface area contributed by atoms with Crippen molar-refractivity contribution in [3.63, 3.8) is 0 Å². The summed E-state index contributed by atoms with van der Waals surface area (Å²) in [6.07, 6.45) is 2.28. The van der Waals surface area contributed by atoms with E-state index in [1.807, 2.05) is 24.3 Å². The minimum absolute atomic E-state index is 0.493. The molecule has 3 heteroatoms. The van der Waals surface area contributed by atoms with Crippen LogP contribution in [-0.4, -0.2) is 11.1 Å². The van der Waals surface area contributed by atoms with E-state index in [-0.39, 0.29) is 0 Å². The molecule has 1 aromatic carbocycles. The molecule has 3 rings (SSSR count). The van der Waals surface area contributed by atoms with Crippen LogP contribution in [0.15, 0.2) is 24.3 Å². The predicted octanol–water partition coefficient (Wildman–Crippen LogP) is 3.48. The molecule has 1 aliphatic rings. The molecule has 0 amide bonds. The molecule has 2 aromatic rings. The van der Waals surface area contributed by atoms with Gasteiger partial charge in [0.25, 0.3) is 0 Å². The number of carbonyl (C=O) groups is 1. The Kier molecular flexibility index (Phi) is 1.83. The number of carboxylic acid groups (broad SMARTS) is 1. The lowest BCUT2D eigenvalue weighted by molar-refractivity contribution is 0.0701. The molecule has 1 fully saturated rings. The number of thiophene rings is 1. The van der Waals surface area contributed by atoms with Crippen LogP contribution in [0.25, 0.3) is 10.1 Å². The van der Waals surface area contributed by atoms with Gasteiger partial charge in [0.2, 0.25) is 0 Å². The van der Waals surface area contributed by atoms with E-state index in [4.69, 9.17) is 5.11 Å². The first-order valence-corrected chi connectivity index (χ1v) is 5.83. The number of aromatic carboxylic acids is 1. The monoisotopic (exact) mass is 218 g/mol. The molecule has 0 radical (unpaired) electrons. The number of fused-ring (bicyclic) bond motifs is 1. The third-order valence-corrected chi connectivity index (χ3v) is 3.99. The van der Waals surface area contributed by atoms with Gasteiger partial charge in [0.15, 0.2) is 0 Å². The van der Waals surface area contributed by atoms with Gasteiger partial charge in [-0.15, -0.1) is 11.3 Å². The zero-order valence-corrected chi connectivity index (χ0v) is 8.88. The average molecular weight is 218 g/mol. The van der Waals surface area contributed by atoms with Crippen molar-refractivity contribution >= 4 is 27.4 Å². The Morgan fingerprint density at radius 3 is 2.73 bits per heavy atom. The molecule has 0 aliphatic heterocycles. The van der Waals surface area contributed by atoms with E-state index in [1.54, 1.807) is 0 Å². The van der Waals surface area contributed by atoms with Gasteiger partial charge in [0, 0.05) is 4.70 Å². The second kappa shape index (κ2) is 3.07. The van der Waals surface area contributed by atoms with Gasteiger partial charge in [-0.25, -0.2) is 4.79 Å². The van der Waals surface area contributed by atoms with Gasteiger partial charge in [0.1, 0.15) is 4.88 Å². The van der Waals surface area contributed by atoms with Gasteiger partial charge in [-0.05, 0) is 35.8 Å². The molecule has 15 heavy (non-hydrogen) atoms. The number of hydrogen-bond donors (Lipinski definition) is 1. The first-order valence-electron chi connectivity index (χ1n) is 5.02. The van der Waals surface area contributed by atoms with Gasteiger partial charge in [0.05, 0.1) is 0 Å². The Labute approximate surface area is 91.2 Å². The van der Waals surface area contributed by atoms with Gasteiger partial charge in [-0.3, -0.25) is 0 Å². The highest BCUT2D eigenvalue weighted by atomic mass is 32.1. The molecule has 0 bridgehead atoms. The van der Waals surface area contributed by atoms with Crippen LogP contribution in [0, 0.1) is 0 Å². The van der Waals surface area contributed by atoms with Crippen LogP contribution in [0.1, 0.15) is 34.0 Å². The zero-order chi connectivity index (χ0) is 10.4. The SMILES string of the molecule is O=C(O)c1sc2ccccc2c1C1CC1. The quantitative estimate of drug-likeness (QED) is 0.837. The minimum Gasteiger partial charge on any atom is -0.477 e. The maximum atomic E-state index is 11.1. The number of carboxylic acids is 1. The van der Waals surface area contributed by atoms with E-state index in [0.717, 1.165) is 28.5 Å². The summed E-state index contributed by atoms with van der Waals surface area (Å²) in [6.45, 7) is 0. The Morgan fingerprint density at radius 2 is 2.07 bits per heavy atom. The Morgan fingerprint density at radius 1 is 1.33 bits per heavy atom. The van der Waals surface area contributed by atoms with Crippen molar-refractivity contribution in [2.24, 2.45) is 0 Å². The number of benzene rings is 1. The second-order valence-electron chi connectivity index (χ2n) is 3.92. The topological polar surface area (TPSA) is 37.3 Å². The van der Waals surface area contributed by atoms with Crippen LogP contribution in [0.3, 0.4) is 0 Å². The molecular weight excluding hydrogens is 208 g/mol.